The van der Waals surface area contributed by atoms with Crippen molar-refractivity contribution in [3.63, 3.8) is 0 Å². The summed E-state index contributed by atoms with van der Waals surface area (Å²) in [4.78, 5) is 0. The molecule has 1 aliphatic carbocycles. The standard InChI is InChI=1S/C97H90N2Si/c1-5-7-9-11-13-25-63-97(64-26-14-12-10-8-6-2)91-67-77(73-43-41-72(42-44-73)71-39-35-69(3)36-40-71)47-59-85(91)86-60-48-78(68-92(86)97)74-45-55-83(56-46-74)100(81-29-19-16-20-30-81,82-53-37-70(4)38-54-82)84-57-51-80(52-58-84)99-94-34-24-22-32-88(94)90-66-76(50-62-96(90)99)75-49-61-95-89(65-75)87-31-21-23-33-93(87)98(95)79-27-17-15-18-28-79/h15-24,27-62,65-68H,5-14,25-26,63-64H2,1-4H3. The first-order valence-electron chi connectivity index (χ1n) is 37.2. The highest BCUT2D eigenvalue weighted by atomic mass is 28.3. The van der Waals surface area contributed by atoms with E-state index >= 15 is 0 Å². The Morgan fingerprint density at radius 2 is 0.580 bits per heavy atom. The summed E-state index contributed by atoms with van der Waals surface area (Å²) in [6.07, 6.45) is 17.9. The van der Waals surface area contributed by atoms with E-state index in [-0.39, 0.29) is 5.41 Å². The van der Waals surface area contributed by atoms with E-state index < -0.39 is 8.07 Å². The zero-order chi connectivity index (χ0) is 67.6. The molecule has 1 aliphatic rings. The van der Waals surface area contributed by atoms with Gasteiger partial charge in [0.15, 0.2) is 8.07 Å². The molecule has 0 radical (unpaired) electrons. The maximum absolute atomic E-state index is 2.97. The third-order valence-electron chi connectivity index (χ3n) is 22.5. The average Bonchev–Trinajstić information content (AvgIpc) is 1.52. The Hall–Kier alpha value is -10.3. The Morgan fingerprint density at radius 1 is 0.260 bits per heavy atom. The minimum Gasteiger partial charge on any atom is -0.309 e. The zero-order valence-electron chi connectivity index (χ0n) is 58.7. The number of benzene rings is 13. The van der Waals surface area contributed by atoms with E-state index in [2.05, 4.69) is 340 Å². The second-order valence-electron chi connectivity index (χ2n) is 28.7. The van der Waals surface area contributed by atoms with Crippen LogP contribution in [0.5, 0.6) is 0 Å². The fourth-order valence-electron chi connectivity index (χ4n) is 17.2. The van der Waals surface area contributed by atoms with Gasteiger partial charge in [-0.05, 0) is 187 Å². The molecule has 2 heterocycles. The lowest BCUT2D eigenvalue weighted by Crippen LogP contribution is -2.74. The van der Waals surface area contributed by atoms with Gasteiger partial charge in [0, 0.05) is 38.3 Å². The number of nitrogens with zero attached hydrogens (tertiary/aromatic N) is 2. The molecular weight excluding hydrogens is 1220 g/mol. The molecule has 3 heteroatoms. The van der Waals surface area contributed by atoms with Gasteiger partial charge >= 0.3 is 0 Å². The van der Waals surface area contributed by atoms with Crippen LogP contribution in [0.4, 0.5) is 0 Å². The number of hydrogen-bond acceptors (Lipinski definition) is 0. The van der Waals surface area contributed by atoms with Crippen molar-refractivity contribution in [2.45, 2.75) is 123 Å². The molecule has 13 aromatic carbocycles. The summed E-state index contributed by atoms with van der Waals surface area (Å²) in [6.45, 7) is 9.05. The first-order chi connectivity index (χ1) is 49.3. The Morgan fingerprint density at radius 3 is 1.06 bits per heavy atom. The first kappa shape index (κ1) is 64.4. The predicted octanol–water partition coefficient (Wildman–Crippen LogP) is 24.3. The van der Waals surface area contributed by atoms with E-state index in [1.54, 1.807) is 5.56 Å². The topological polar surface area (TPSA) is 9.86 Å². The van der Waals surface area contributed by atoms with Gasteiger partial charge in [-0.1, -0.05) is 333 Å². The van der Waals surface area contributed by atoms with Crippen molar-refractivity contribution in [2.75, 3.05) is 0 Å². The van der Waals surface area contributed by atoms with Crippen LogP contribution in [0.3, 0.4) is 0 Å². The van der Waals surface area contributed by atoms with Crippen molar-refractivity contribution in [3.05, 3.63) is 326 Å². The lowest BCUT2D eigenvalue weighted by molar-refractivity contribution is 0.398. The quantitative estimate of drug-likeness (QED) is 0.0324. The Kier molecular flexibility index (Phi) is 18.1. The van der Waals surface area contributed by atoms with Gasteiger partial charge in [-0.25, -0.2) is 0 Å². The summed E-state index contributed by atoms with van der Waals surface area (Å²) >= 11 is 0. The van der Waals surface area contributed by atoms with Gasteiger partial charge in [-0.3, -0.25) is 0 Å². The lowest BCUT2D eigenvalue weighted by Gasteiger charge is -2.35. The molecule has 0 fully saturated rings. The van der Waals surface area contributed by atoms with Crippen LogP contribution < -0.4 is 20.7 Å². The van der Waals surface area contributed by atoms with Crippen LogP contribution >= 0.6 is 0 Å². The van der Waals surface area contributed by atoms with Crippen LogP contribution in [0.1, 0.15) is 126 Å². The molecule has 1 unspecified atom stereocenters. The molecule has 0 aliphatic heterocycles. The smallest absolute Gasteiger partial charge is 0.179 e. The minimum absolute atomic E-state index is 0.0774. The highest BCUT2D eigenvalue weighted by Gasteiger charge is 2.44. The summed E-state index contributed by atoms with van der Waals surface area (Å²) in [6, 6.07) is 117. The summed E-state index contributed by atoms with van der Waals surface area (Å²) in [7, 11) is -2.97. The molecule has 0 bridgehead atoms. The Balaban J connectivity index is 0.772. The molecule has 15 aromatic rings. The molecule has 2 aromatic heterocycles. The van der Waals surface area contributed by atoms with Gasteiger partial charge in [0.25, 0.3) is 0 Å². The van der Waals surface area contributed by atoms with E-state index in [4.69, 9.17) is 0 Å². The third kappa shape index (κ3) is 11.9. The fraction of sp³-hybridized carbons (Fsp3) is 0.196. The number of hydrogen-bond donors (Lipinski definition) is 0. The van der Waals surface area contributed by atoms with Crippen LogP contribution in [0.25, 0.3) is 111 Å². The van der Waals surface area contributed by atoms with Crippen LogP contribution in [-0.2, 0) is 5.41 Å². The van der Waals surface area contributed by atoms with Crippen molar-refractivity contribution >= 4 is 72.4 Å². The van der Waals surface area contributed by atoms with Crippen molar-refractivity contribution < 1.29 is 0 Å². The van der Waals surface area contributed by atoms with E-state index in [9.17, 15) is 0 Å². The van der Waals surface area contributed by atoms with Crippen molar-refractivity contribution in [1.29, 1.82) is 0 Å². The van der Waals surface area contributed by atoms with E-state index in [0.29, 0.717) is 0 Å². The molecule has 492 valence electrons. The highest BCUT2D eigenvalue weighted by Crippen LogP contribution is 2.56. The normalized spacial score (nSPS) is 13.1. The van der Waals surface area contributed by atoms with Crippen LogP contribution in [0.2, 0.25) is 0 Å². The third-order valence-corrected chi connectivity index (χ3v) is 27.3. The molecule has 0 amide bonds. The summed E-state index contributed by atoms with van der Waals surface area (Å²) < 4.78 is 4.88. The summed E-state index contributed by atoms with van der Waals surface area (Å²) in [5.74, 6) is 0. The average molecular weight is 1310 g/mol. The van der Waals surface area contributed by atoms with Crippen molar-refractivity contribution in [2.24, 2.45) is 0 Å². The maximum Gasteiger partial charge on any atom is 0.179 e. The molecule has 0 spiro atoms. The molecular formula is C97H90N2Si. The number of unbranched alkanes of at least 4 members (excludes halogenated alkanes) is 10. The van der Waals surface area contributed by atoms with Crippen LogP contribution in [-0.4, -0.2) is 17.2 Å². The number of para-hydroxylation sites is 3. The maximum atomic E-state index is 2.65. The van der Waals surface area contributed by atoms with E-state index in [1.807, 2.05) is 0 Å². The lowest BCUT2D eigenvalue weighted by atomic mass is 9.70. The van der Waals surface area contributed by atoms with Crippen molar-refractivity contribution in [3.8, 4) is 67.0 Å². The summed E-state index contributed by atoms with van der Waals surface area (Å²) in [5.41, 5.74) is 25.7. The molecule has 16 rings (SSSR count). The molecule has 2 nitrogen and oxygen atoms in total. The highest BCUT2D eigenvalue weighted by molar-refractivity contribution is 7.19. The molecule has 1 atom stereocenters. The van der Waals surface area contributed by atoms with Gasteiger partial charge in [-0.2, -0.15) is 0 Å². The SMILES string of the molecule is CCCCCCCCC1(CCCCCCCC)c2cc(-c3ccc(-c4ccc(C)cc4)cc3)ccc2-c2ccc(-c3ccc([Si](c4ccccc4)(c4ccc(C)cc4)c4ccc(-n5c6ccccc6c6cc(-c7ccc8c(c7)c7ccccc7n8-c7ccccc7)ccc65)cc4)cc3)cc21. The molecule has 100 heavy (non-hydrogen) atoms. The van der Waals surface area contributed by atoms with Crippen molar-refractivity contribution in [1.82, 2.24) is 9.13 Å². The van der Waals surface area contributed by atoms with Gasteiger partial charge in [0.2, 0.25) is 0 Å². The van der Waals surface area contributed by atoms with Gasteiger partial charge < -0.3 is 9.13 Å². The second kappa shape index (κ2) is 28.1. The Bertz CT molecular complexity index is 5350. The van der Waals surface area contributed by atoms with E-state index in [0.717, 1.165) is 5.69 Å². The van der Waals surface area contributed by atoms with Crippen LogP contribution in [0.15, 0.2) is 303 Å². The number of aromatic nitrogens is 2. The fourth-order valence-corrected chi connectivity index (χ4v) is 21.9. The molecule has 0 N–H and O–H groups in total. The largest absolute Gasteiger partial charge is 0.309 e. The van der Waals surface area contributed by atoms with Gasteiger partial charge in [-0.15, -0.1) is 0 Å². The van der Waals surface area contributed by atoms with Gasteiger partial charge in [0.1, 0.15) is 0 Å². The Labute approximate surface area is 593 Å². The van der Waals surface area contributed by atoms with Gasteiger partial charge in [0.05, 0.1) is 22.1 Å². The number of aryl methyl sites for hydroxylation is 2. The molecule has 0 saturated carbocycles. The monoisotopic (exact) mass is 1310 g/mol. The number of fused-ring (bicyclic) bond motifs is 9. The predicted molar refractivity (Wildman–Crippen MR) is 432 cm³/mol. The molecule has 0 saturated heterocycles. The second-order valence-corrected chi connectivity index (χ2v) is 32.5. The number of rotatable bonds is 24. The van der Waals surface area contributed by atoms with Crippen LogP contribution in [0, 0.1) is 13.8 Å². The van der Waals surface area contributed by atoms with E-state index in [1.165, 1.54) is 232 Å². The zero-order valence-corrected chi connectivity index (χ0v) is 59.7. The first-order valence-corrected chi connectivity index (χ1v) is 39.2. The summed E-state index contributed by atoms with van der Waals surface area (Å²) in [5, 5.41) is 10.5. The minimum atomic E-state index is -2.97.